The molecule has 1 aromatic heterocycles. The molecule has 6 heteroatoms. The summed E-state index contributed by atoms with van der Waals surface area (Å²) >= 11 is 0. The van der Waals surface area contributed by atoms with Crippen LogP contribution in [0.5, 0.6) is 0 Å². The van der Waals surface area contributed by atoms with Crippen molar-refractivity contribution in [3.8, 4) is 5.69 Å². The summed E-state index contributed by atoms with van der Waals surface area (Å²) in [5.74, 6) is -0.0435. The summed E-state index contributed by atoms with van der Waals surface area (Å²) in [7, 11) is 0. The van der Waals surface area contributed by atoms with Gasteiger partial charge in [-0.1, -0.05) is 32.0 Å². The molecule has 1 aliphatic rings. The molecule has 0 aliphatic carbocycles. The molecule has 3 rings (SSSR count). The highest BCUT2D eigenvalue weighted by Crippen LogP contribution is 2.22. The van der Waals surface area contributed by atoms with Crippen molar-refractivity contribution in [3.63, 3.8) is 0 Å². The predicted octanol–water partition coefficient (Wildman–Crippen LogP) is 1.33. The molecule has 23 heavy (non-hydrogen) atoms. The molecule has 2 aromatic rings. The van der Waals surface area contributed by atoms with Crippen LogP contribution in [0.4, 0.5) is 0 Å². The largest absolute Gasteiger partial charge is 0.335 e. The van der Waals surface area contributed by atoms with Crippen LogP contribution in [0.15, 0.2) is 35.1 Å². The van der Waals surface area contributed by atoms with Crippen LogP contribution >= 0.6 is 0 Å². The van der Waals surface area contributed by atoms with E-state index in [1.807, 2.05) is 44.2 Å². The number of carbonyl (C=O) groups is 1. The van der Waals surface area contributed by atoms with Crippen LogP contribution in [0.3, 0.4) is 0 Å². The fraction of sp³-hybridized carbons (Fsp3) is 0.412. The number of nitrogens with one attached hydrogen (secondary N) is 2. The second-order valence-corrected chi connectivity index (χ2v) is 6.06. The molecule has 0 atom stereocenters. The molecule has 1 aliphatic heterocycles. The summed E-state index contributed by atoms with van der Waals surface area (Å²) < 4.78 is 1.61. The van der Waals surface area contributed by atoms with Crippen LogP contribution in [0.2, 0.25) is 0 Å². The van der Waals surface area contributed by atoms with Crippen molar-refractivity contribution in [2.75, 3.05) is 26.2 Å². The highest BCUT2D eigenvalue weighted by molar-refractivity contribution is 5.94. The fourth-order valence-corrected chi connectivity index (χ4v) is 3.02. The van der Waals surface area contributed by atoms with E-state index >= 15 is 0 Å². The van der Waals surface area contributed by atoms with Gasteiger partial charge in [-0.15, -0.1) is 0 Å². The van der Waals surface area contributed by atoms with Crippen LogP contribution < -0.4 is 11.0 Å². The van der Waals surface area contributed by atoms with Gasteiger partial charge in [-0.25, -0.2) is 4.79 Å². The van der Waals surface area contributed by atoms with Gasteiger partial charge >= 0.3 is 5.69 Å². The number of imidazole rings is 1. The van der Waals surface area contributed by atoms with Crippen molar-refractivity contribution in [2.45, 2.75) is 19.8 Å². The standard InChI is InChI=1S/C17H22N4O2/c1-12(2)15-14(16(22)20-10-8-18-9-11-20)19-17(23)21(15)13-6-4-3-5-7-13/h3-7,12,18H,8-11H2,1-2H3,(H,19,23). The van der Waals surface area contributed by atoms with Gasteiger partial charge in [0.25, 0.3) is 5.91 Å². The van der Waals surface area contributed by atoms with Crippen molar-refractivity contribution in [1.82, 2.24) is 19.8 Å². The first-order valence-corrected chi connectivity index (χ1v) is 8.00. The van der Waals surface area contributed by atoms with E-state index in [1.165, 1.54) is 0 Å². The number of aromatic amines is 1. The van der Waals surface area contributed by atoms with Crippen LogP contribution in [0, 0.1) is 0 Å². The summed E-state index contributed by atoms with van der Waals surface area (Å²) in [5, 5.41) is 3.23. The highest BCUT2D eigenvalue weighted by Gasteiger charge is 2.27. The second kappa shape index (κ2) is 6.42. The number of carbonyl (C=O) groups excluding carboxylic acids is 1. The number of piperazine rings is 1. The summed E-state index contributed by atoms with van der Waals surface area (Å²) in [5.41, 5.74) is 1.66. The Morgan fingerprint density at radius 1 is 1.13 bits per heavy atom. The Balaban J connectivity index is 2.08. The van der Waals surface area contributed by atoms with Crippen molar-refractivity contribution < 1.29 is 4.79 Å². The van der Waals surface area contributed by atoms with Gasteiger partial charge in [-0.3, -0.25) is 9.36 Å². The number of para-hydroxylation sites is 1. The number of hydrogen-bond acceptors (Lipinski definition) is 3. The summed E-state index contributed by atoms with van der Waals surface area (Å²) in [6.45, 7) is 6.88. The smallest absolute Gasteiger partial charge is 0.330 e. The molecule has 0 spiro atoms. The van der Waals surface area contributed by atoms with Crippen molar-refractivity contribution >= 4 is 5.91 Å². The lowest BCUT2D eigenvalue weighted by Crippen LogP contribution is -2.46. The Hall–Kier alpha value is -2.34. The Morgan fingerprint density at radius 2 is 1.78 bits per heavy atom. The molecular weight excluding hydrogens is 292 g/mol. The van der Waals surface area contributed by atoms with E-state index in [2.05, 4.69) is 10.3 Å². The van der Waals surface area contributed by atoms with E-state index < -0.39 is 0 Å². The van der Waals surface area contributed by atoms with Gasteiger partial charge < -0.3 is 15.2 Å². The monoisotopic (exact) mass is 314 g/mol. The van der Waals surface area contributed by atoms with Gasteiger partial charge in [0.15, 0.2) is 0 Å². The van der Waals surface area contributed by atoms with Crippen LogP contribution in [0.1, 0.15) is 35.9 Å². The minimum Gasteiger partial charge on any atom is -0.335 e. The maximum Gasteiger partial charge on any atom is 0.330 e. The molecule has 0 radical (unpaired) electrons. The van der Waals surface area contributed by atoms with Gasteiger partial charge in [0.05, 0.1) is 11.4 Å². The molecule has 1 aromatic carbocycles. The zero-order valence-corrected chi connectivity index (χ0v) is 13.5. The molecule has 2 heterocycles. The van der Waals surface area contributed by atoms with E-state index in [9.17, 15) is 9.59 Å². The Morgan fingerprint density at radius 3 is 2.39 bits per heavy atom. The number of benzene rings is 1. The molecule has 1 amide bonds. The average molecular weight is 314 g/mol. The van der Waals surface area contributed by atoms with Crippen molar-refractivity contribution in [1.29, 1.82) is 0 Å². The van der Waals surface area contributed by atoms with Crippen LogP contribution in [-0.4, -0.2) is 46.5 Å². The van der Waals surface area contributed by atoms with Gasteiger partial charge in [-0.05, 0) is 18.1 Å². The van der Waals surface area contributed by atoms with Gasteiger partial charge in [0.1, 0.15) is 5.69 Å². The average Bonchev–Trinajstić information content (AvgIpc) is 2.93. The third-order valence-corrected chi connectivity index (χ3v) is 4.11. The number of nitrogens with zero attached hydrogens (tertiary/aromatic N) is 2. The number of amides is 1. The zero-order chi connectivity index (χ0) is 16.4. The molecule has 0 saturated carbocycles. The molecular formula is C17H22N4O2. The Labute approximate surface area is 135 Å². The molecule has 1 saturated heterocycles. The molecule has 122 valence electrons. The Kier molecular flexibility index (Phi) is 4.34. The van der Waals surface area contributed by atoms with Gasteiger partial charge in [-0.2, -0.15) is 0 Å². The molecule has 0 bridgehead atoms. The maximum absolute atomic E-state index is 12.8. The lowest BCUT2D eigenvalue weighted by atomic mass is 10.1. The Bertz CT molecular complexity index is 740. The maximum atomic E-state index is 12.8. The van der Waals surface area contributed by atoms with Crippen molar-refractivity contribution in [2.24, 2.45) is 0 Å². The van der Waals surface area contributed by atoms with E-state index in [0.29, 0.717) is 18.8 Å². The topological polar surface area (TPSA) is 70.1 Å². The first kappa shape index (κ1) is 15.6. The number of aromatic nitrogens is 2. The molecule has 0 unspecified atom stereocenters. The minimum absolute atomic E-state index is 0.0519. The number of H-pyrrole nitrogens is 1. The SMILES string of the molecule is CC(C)c1c(C(=O)N2CCNCC2)[nH]c(=O)n1-c1ccccc1. The normalized spacial score (nSPS) is 15.2. The fourth-order valence-electron chi connectivity index (χ4n) is 3.02. The number of rotatable bonds is 3. The van der Waals surface area contributed by atoms with E-state index in [-0.39, 0.29) is 17.5 Å². The predicted molar refractivity (Wildman–Crippen MR) is 89.3 cm³/mol. The van der Waals surface area contributed by atoms with Gasteiger partial charge in [0.2, 0.25) is 0 Å². The lowest BCUT2D eigenvalue weighted by molar-refractivity contribution is 0.0728. The first-order chi connectivity index (χ1) is 11.1. The lowest BCUT2D eigenvalue weighted by Gasteiger charge is -2.27. The summed E-state index contributed by atoms with van der Waals surface area (Å²) in [4.78, 5) is 29.9. The van der Waals surface area contributed by atoms with E-state index in [0.717, 1.165) is 24.5 Å². The van der Waals surface area contributed by atoms with E-state index in [1.54, 1.807) is 9.47 Å². The van der Waals surface area contributed by atoms with Gasteiger partial charge in [0, 0.05) is 26.2 Å². The third-order valence-electron chi connectivity index (χ3n) is 4.11. The van der Waals surface area contributed by atoms with E-state index in [4.69, 9.17) is 0 Å². The minimum atomic E-state index is -0.265. The highest BCUT2D eigenvalue weighted by atomic mass is 16.2. The van der Waals surface area contributed by atoms with Crippen LogP contribution in [0.25, 0.3) is 5.69 Å². The number of hydrogen-bond donors (Lipinski definition) is 2. The molecule has 6 nitrogen and oxygen atoms in total. The van der Waals surface area contributed by atoms with Crippen molar-refractivity contribution in [3.05, 3.63) is 52.2 Å². The zero-order valence-electron chi connectivity index (χ0n) is 13.5. The quantitative estimate of drug-likeness (QED) is 0.898. The summed E-state index contributed by atoms with van der Waals surface area (Å²) in [6, 6.07) is 9.43. The van der Waals surface area contributed by atoms with Crippen LogP contribution in [-0.2, 0) is 0 Å². The third kappa shape index (κ3) is 2.94. The first-order valence-electron chi connectivity index (χ1n) is 8.00. The summed E-state index contributed by atoms with van der Waals surface area (Å²) in [6.07, 6.45) is 0. The molecule has 1 fully saturated rings. The molecule has 2 N–H and O–H groups in total. The second-order valence-electron chi connectivity index (χ2n) is 6.06.